The molecule has 0 saturated carbocycles. The first-order valence-electron chi connectivity index (χ1n) is 9.70. The van der Waals surface area contributed by atoms with E-state index in [1.54, 1.807) is 13.0 Å². The minimum Gasteiger partial charge on any atom is -0.490 e. The van der Waals surface area contributed by atoms with Crippen LogP contribution in [-0.2, 0) is 12.8 Å². The molecule has 3 aromatic carbocycles. The summed E-state index contributed by atoms with van der Waals surface area (Å²) in [6, 6.07) is 17.2. The summed E-state index contributed by atoms with van der Waals surface area (Å²) in [5.74, 6) is 0.101. The standard InChI is InChI=1S/C24H22F3NO3/c1-3-30-22-14-18(12-13-21(22)31-15-17-10-8-16(2)9-11-17)23(29)28-20-7-5-4-6-19(20)24(25,26)27/h4-14H,3,15H2,1-2H3,(H,28,29). The highest BCUT2D eigenvalue weighted by Crippen LogP contribution is 2.35. The zero-order valence-electron chi connectivity index (χ0n) is 17.1. The van der Waals surface area contributed by atoms with E-state index in [9.17, 15) is 18.0 Å². The second-order valence-electron chi connectivity index (χ2n) is 6.87. The molecule has 0 unspecified atom stereocenters. The molecule has 1 N–H and O–H groups in total. The Balaban J connectivity index is 1.78. The number of carbonyl (C=O) groups is 1. The van der Waals surface area contributed by atoms with Gasteiger partial charge in [-0.15, -0.1) is 0 Å². The average molecular weight is 429 g/mol. The van der Waals surface area contributed by atoms with Crippen LogP contribution in [0.3, 0.4) is 0 Å². The minimum absolute atomic E-state index is 0.156. The first kappa shape index (κ1) is 22.2. The summed E-state index contributed by atoms with van der Waals surface area (Å²) in [5, 5.41) is 2.33. The Bertz CT molecular complexity index is 1050. The first-order chi connectivity index (χ1) is 14.8. The van der Waals surface area contributed by atoms with E-state index in [2.05, 4.69) is 5.32 Å². The van der Waals surface area contributed by atoms with Crippen molar-refractivity contribution in [2.75, 3.05) is 11.9 Å². The van der Waals surface area contributed by atoms with Crippen molar-refractivity contribution in [1.29, 1.82) is 0 Å². The van der Waals surface area contributed by atoms with E-state index in [0.29, 0.717) is 24.7 Å². The van der Waals surface area contributed by atoms with Crippen LogP contribution in [0.4, 0.5) is 18.9 Å². The van der Waals surface area contributed by atoms with E-state index in [0.717, 1.165) is 17.2 Å². The van der Waals surface area contributed by atoms with Gasteiger partial charge in [-0.2, -0.15) is 13.2 Å². The van der Waals surface area contributed by atoms with Gasteiger partial charge in [0.25, 0.3) is 5.91 Å². The van der Waals surface area contributed by atoms with Gasteiger partial charge in [-0.25, -0.2) is 0 Å². The van der Waals surface area contributed by atoms with Crippen LogP contribution < -0.4 is 14.8 Å². The predicted molar refractivity (Wildman–Crippen MR) is 113 cm³/mol. The summed E-state index contributed by atoms with van der Waals surface area (Å²) in [4.78, 5) is 12.6. The molecule has 7 heteroatoms. The Labute approximate surface area is 178 Å². The summed E-state index contributed by atoms with van der Waals surface area (Å²) in [6.07, 6.45) is -4.58. The van der Waals surface area contributed by atoms with E-state index in [1.807, 2.05) is 31.2 Å². The van der Waals surface area contributed by atoms with E-state index >= 15 is 0 Å². The average Bonchev–Trinajstić information content (AvgIpc) is 2.74. The number of aryl methyl sites for hydroxylation is 1. The largest absolute Gasteiger partial charge is 0.490 e. The molecule has 0 aliphatic heterocycles. The van der Waals surface area contributed by atoms with Gasteiger partial charge in [0.15, 0.2) is 11.5 Å². The van der Waals surface area contributed by atoms with Crippen molar-refractivity contribution in [2.45, 2.75) is 26.6 Å². The second kappa shape index (κ2) is 9.55. The lowest BCUT2D eigenvalue weighted by atomic mass is 10.1. The fraction of sp³-hybridized carbons (Fsp3) is 0.208. The molecule has 31 heavy (non-hydrogen) atoms. The van der Waals surface area contributed by atoms with Gasteiger partial charge in [0.05, 0.1) is 17.9 Å². The van der Waals surface area contributed by atoms with Crippen LogP contribution in [0.15, 0.2) is 66.7 Å². The number of anilines is 1. The molecule has 0 aromatic heterocycles. The number of rotatable bonds is 7. The van der Waals surface area contributed by atoms with Crippen LogP contribution in [0.5, 0.6) is 11.5 Å². The molecule has 1 amide bonds. The molecule has 0 saturated heterocycles. The minimum atomic E-state index is -4.58. The highest BCUT2D eigenvalue weighted by Gasteiger charge is 2.33. The van der Waals surface area contributed by atoms with Gasteiger partial charge in [-0.05, 0) is 49.7 Å². The van der Waals surface area contributed by atoms with Gasteiger partial charge in [-0.3, -0.25) is 4.79 Å². The number of para-hydroxylation sites is 1. The zero-order valence-corrected chi connectivity index (χ0v) is 17.1. The molecule has 0 atom stereocenters. The van der Waals surface area contributed by atoms with Crippen LogP contribution in [0.2, 0.25) is 0 Å². The Hall–Kier alpha value is -3.48. The molecule has 0 radical (unpaired) electrons. The van der Waals surface area contributed by atoms with Crippen LogP contribution in [0, 0.1) is 6.92 Å². The first-order valence-corrected chi connectivity index (χ1v) is 9.70. The highest BCUT2D eigenvalue weighted by atomic mass is 19.4. The van der Waals surface area contributed by atoms with Crippen molar-refractivity contribution in [2.24, 2.45) is 0 Å². The van der Waals surface area contributed by atoms with Gasteiger partial charge < -0.3 is 14.8 Å². The molecule has 162 valence electrons. The molecular weight excluding hydrogens is 407 g/mol. The normalized spacial score (nSPS) is 11.1. The van der Waals surface area contributed by atoms with E-state index in [-0.39, 0.29) is 11.3 Å². The number of amides is 1. The van der Waals surface area contributed by atoms with E-state index in [4.69, 9.17) is 9.47 Å². The molecule has 0 fully saturated rings. The fourth-order valence-electron chi connectivity index (χ4n) is 2.92. The maximum absolute atomic E-state index is 13.2. The summed E-state index contributed by atoms with van der Waals surface area (Å²) in [6.45, 7) is 4.43. The Kier molecular flexibility index (Phi) is 6.84. The highest BCUT2D eigenvalue weighted by molar-refractivity contribution is 6.05. The quantitative estimate of drug-likeness (QED) is 0.483. The smallest absolute Gasteiger partial charge is 0.418 e. The molecule has 4 nitrogen and oxygen atoms in total. The van der Waals surface area contributed by atoms with E-state index in [1.165, 1.54) is 30.3 Å². The lowest BCUT2D eigenvalue weighted by Gasteiger charge is -2.15. The van der Waals surface area contributed by atoms with Crippen molar-refractivity contribution in [3.63, 3.8) is 0 Å². The topological polar surface area (TPSA) is 47.6 Å². The Morgan fingerprint density at radius 1 is 0.935 bits per heavy atom. The summed E-state index contributed by atoms with van der Waals surface area (Å²) in [7, 11) is 0. The fourth-order valence-corrected chi connectivity index (χ4v) is 2.92. The Morgan fingerprint density at radius 3 is 2.32 bits per heavy atom. The van der Waals surface area contributed by atoms with Crippen molar-refractivity contribution >= 4 is 11.6 Å². The number of hydrogen-bond acceptors (Lipinski definition) is 3. The predicted octanol–water partition coefficient (Wildman–Crippen LogP) is 6.24. The van der Waals surface area contributed by atoms with Crippen LogP contribution in [-0.4, -0.2) is 12.5 Å². The SMILES string of the molecule is CCOc1cc(C(=O)Nc2ccccc2C(F)(F)F)ccc1OCc1ccc(C)cc1. The second-order valence-corrected chi connectivity index (χ2v) is 6.87. The lowest BCUT2D eigenvalue weighted by Crippen LogP contribution is -2.16. The number of nitrogens with one attached hydrogen (secondary N) is 1. The van der Waals surface area contributed by atoms with Crippen molar-refractivity contribution < 1.29 is 27.4 Å². The number of halogens is 3. The van der Waals surface area contributed by atoms with Crippen molar-refractivity contribution in [1.82, 2.24) is 0 Å². The zero-order chi connectivity index (χ0) is 22.4. The monoisotopic (exact) mass is 429 g/mol. The van der Waals surface area contributed by atoms with Gasteiger partial charge in [0.1, 0.15) is 6.61 Å². The number of hydrogen-bond donors (Lipinski definition) is 1. The van der Waals surface area contributed by atoms with Crippen molar-refractivity contribution in [3.8, 4) is 11.5 Å². The van der Waals surface area contributed by atoms with Crippen LogP contribution >= 0.6 is 0 Å². The molecule has 3 rings (SSSR count). The summed E-state index contributed by atoms with van der Waals surface area (Å²) < 4.78 is 50.9. The van der Waals surface area contributed by atoms with E-state index < -0.39 is 17.6 Å². The van der Waals surface area contributed by atoms with Gasteiger partial charge >= 0.3 is 6.18 Å². The van der Waals surface area contributed by atoms with Crippen LogP contribution in [0.25, 0.3) is 0 Å². The molecule has 0 heterocycles. The van der Waals surface area contributed by atoms with Gasteiger partial charge in [0, 0.05) is 5.56 Å². The number of alkyl halides is 3. The molecule has 0 bridgehead atoms. The number of ether oxygens (including phenoxy) is 2. The van der Waals surface area contributed by atoms with Crippen LogP contribution in [0.1, 0.15) is 34.0 Å². The van der Waals surface area contributed by atoms with Gasteiger partial charge in [0.2, 0.25) is 0 Å². The molecule has 0 aliphatic carbocycles. The molecule has 3 aromatic rings. The number of benzene rings is 3. The summed E-state index contributed by atoms with van der Waals surface area (Å²) in [5.41, 5.74) is 1.05. The molecular formula is C24H22F3NO3. The number of carbonyl (C=O) groups excluding carboxylic acids is 1. The lowest BCUT2D eigenvalue weighted by molar-refractivity contribution is -0.136. The van der Waals surface area contributed by atoms with Crippen molar-refractivity contribution in [3.05, 3.63) is 89.0 Å². The third-order valence-corrected chi connectivity index (χ3v) is 4.50. The maximum atomic E-state index is 13.2. The Morgan fingerprint density at radius 2 is 1.65 bits per heavy atom. The van der Waals surface area contributed by atoms with Gasteiger partial charge in [-0.1, -0.05) is 42.0 Å². The molecule has 0 spiro atoms. The molecule has 0 aliphatic rings. The third-order valence-electron chi connectivity index (χ3n) is 4.50. The third kappa shape index (κ3) is 5.78. The maximum Gasteiger partial charge on any atom is 0.418 e. The summed E-state index contributed by atoms with van der Waals surface area (Å²) >= 11 is 0.